The first kappa shape index (κ1) is 20.4. The van der Waals surface area contributed by atoms with E-state index in [0.717, 1.165) is 15.8 Å². The minimum Gasteiger partial charge on any atom is -0.312 e. The van der Waals surface area contributed by atoms with Crippen molar-refractivity contribution in [1.82, 2.24) is 10.2 Å². The molecule has 2 aromatic heterocycles. The van der Waals surface area contributed by atoms with Crippen molar-refractivity contribution < 1.29 is 9.59 Å². The first-order valence-electron chi connectivity index (χ1n) is 9.37. The lowest BCUT2D eigenvalue weighted by molar-refractivity contribution is -0.117. The minimum atomic E-state index is -0.320. The Hall–Kier alpha value is -2.52. The fraction of sp³-hybridized carbons (Fsp3) is 0.143. The number of carbonyl (C=O) groups is 2. The largest absolute Gasteiger partial charge is 0.312 e. The summed E-state index contributed by atoms with van der Waals surface area (Å²) in [6.07, 6.45) is 0.341. The molecule has 2 aromatic carbocycles. The van der Waals surface area contributed by atoms with Gasteiger partial charge < -0.3 is 4.90 Å². The van der Waals surface area contributed by atoms with E-state index in [1.54, 1.807) is 17.0 Å². The Morgan fingerprint density at radius 1 is 1.06 bits per heavy atom. The average molecular weight is 489 g/mol. The van der Waals surface area contributed by atoms with E-state index in [-0.39, 0.29) is 17.7 Å². The molecule has 1 atom stereocenters. The Bertz CT molecular complexity index is 1300. The molecule has 0 spiro atoms. The van der Waals surface area contributed by atoms with E-state index >= 15 is 0 Å². The number of fused-ring (bicyclic) bond motifs is 1. The van der Waals surface area contributed by atoms with Gasteiger partial charge in [0.15, 0.2) is 0 Å². The highest BCUT2D eigenvalue weighted by molar-refractivity contribution is 7.22. The number of nitrogens with one attached hydrogen (secondary N) is 1. The summed E-state index contributed by atoms with van der Waals surface area (Å²) in [6, 6.07) is 14.8. The van der Waals surface area contributed by atoms with Crippen LogP contribution in [0.3, 0.4) is 0 Å². The van der Waals surface area contributed by atoms with E-state index < -0.39 is 0 Å². The van der Waals surface area contributed by atoms with Crippen molar-refractivity contribution in [2.75, 3.05) is 16.8 Å². The molecular formula is C21H14Cl2N4O2S2. The second-order valence-corrected chi connectivity index (χ2v) is 9.90. The predicted octanol–water partition coefficient (Wildman–Crippen LogP) is 5.83. The molecule has 4 aromatic rings. The van der Waals surface area contributed by atoms with Gasteiger partial charge in [0.25, 0.3) is 5.91 Å². The van der Waals surface area contributed by atoms with Gasteiger partial charge >= 0.3 is 0 Å². The van der Waals surface area contributed by atoms with Crippen LogP contribution >= 0.6 is 45.9 Å². The molecule has 10 heteroatoms. The molecule has 1 N–H and O–H groups in total. The number of nitrogens with zero attached hydrogens (tertiary/aromatic N) is 3. The Kier molecular flexibility index (Phi) is 5.39. The van der Waals surface area contributed by atoms with Crippen molar-refractivity contribution in [3.8, 4) is 0 Å². The number of rotatable bonds is 4. The summed E-state index contributed by atoms with van der Waals surface area (Å²) >= 11 is 14.9. The van der Waals surface area contributed by atoms with Gasteiger partial charge in [-0.25, -0.2) is 0 Å². The Morgan fingerprint density at radius 2 is 1.84 bits per heavy atom. The van der Waals surface area contributed by atoms with E-state index in [1.165, 1.54) is 22.7 Å². The number of amides is 2. The lowest BCUT2D eigenvalue weighted by atomic mass is 10.1. The maximum Gasteiger partial charge on any atom is 0.269 e. The maximum absolute atomic E-state index is 12.7. The summed E-state index contributed by atoms with van der Waals surface area (Å²) in [6.45, 7) is 0.505. The van der Waals surface area contributed by atoms with Crippen molar-refractivity contribution in [3.63, 3.8) is 0 Å². The Labute approximate surface area is 195 Å². The van der Waals surface area contributed by atoms with E-state index in [4.69, 9.17) is 23.2 Å². The van der Waals surface area contributed by atoms with Crippen molar-refractivity contribution >= 4 is 78.6 Å². The Morgan fingerprint density at radius 3 is 2.61 bits per heavy atom. The van der Waals surface area contributed by atoms with Crippen molar-refractivity contribution in [2.45, 2.75) is 12.3 Å². The molecule has 31 heavy (non-hydrogen) atoms. The standard InChI is InChI=1S/C21H14Cl2N4O2S2/c22-12-5-7-13(8-6-12)27-10-11(9-16(27)28)20-25-26-21(31-20)24-19(29)18-17(23)14-3-1-2-4-15(14)30-18/h1-8,11H,9-10H2,(H,24,26,29). The monoisotopic (exact) mass is 488 g/mol. The van der Waals surface area contributed by atoms with Gasteiger partial charge in [0.05, 0.1) is 5.02 Å². The molecule has 5 rings (SSSR count). The van der Waals surface area contributed by atoms with Gasteiger partial charge in [0.2, 0.25) is 11.0 Å². The summed E-state index contributed by atoms with van der Waals surface area (Å²) in [5, 5.41) is 14.1. The number of hydrogen-bond acceptors (Lipinski definition) is 6. The minimum absolute atomic E-state index is 0.0187. The second kappa shape index (κ2) is 8.20. The number of halogens is 2. The van der Waals surface area contributed by atoms with Gasteiger partial charge in [-0.2, -0.15) is 0 Å². The third-order valence-corrected chi connectivity index (χ3v) is 7.94. The van der Waals surface area contributed by atoms with E-state index in [0.29, 0.717) is 38.0 Å². The number of carbonyl (C=O) groups excluding carboxylic acids is 2. The average Bonchev–Trinajstić information content (AvgIpc) is 3.47. The van der Waals surface area contributed by atoms with Gasteiger partial charge in [0, 0.05) is 39.7 Å². The van der Waals surface area contributed by atoms with Gasteiger partial charge in [0.1, 0.15) is 9.88 Å². The molecule has 1 unspecified atom stereocenters. The van der Waals surface area contributed by atoms with E-state index in [2.05, 4.69) is 15.5 Å². The lowest BCUT2D eigenvalue weighted by Gasteiger charge is -2.16. The van der Waals surface area contributed by atoms with Crippen LogP contribution in [0, 0.1) is 0 Å². The molecule has 1 fully saturated rings. The Balaban J connectivity index is 1.31. The quantitative estimate of drug-likeness (QED) is 0.391. The number of thiophene rings is 1. The molecule has 0 saturated carbocycles. The van der Waals surface area contributed by atoms with E-state index in [1.807, 2.05) is 36.4 Å². The summed E-state index contributed by atoms with van der Waals surface area (Å²) in [5.41, 5.74) is 0.800. The highest BCUT2D eigenvalue weighted by Gasteiger charge is 2.34. The number of benzene rings is 2. The molecule has 0 aliphatic carbocycles. The van der Waals surface area contributed by atoms with Gasteiger partial charge in [-0.1, -0.05) is 52.7 Å². The van der Waals surface area contributed by atoms with Crippen molar-refractivity contribution in [1.29, 1.82) is 0 Å². The normalized spacial score (nSPS) is 16.3. The molecule has 2 amide bonds. The van der Waals surface area contributed by atoms with Crippen LogP contribution in [0.5, 0.6) is 0 Å². The molecule has 6 nitrogen and oxygen atoms in total. The van der Waals surface area contributed by atoms with Crippen LogP contribution in [0.15, 0.2) is 48.5 Å². The van der Waals surface area contributed by atoms with Crippen LogP contribution in [0.25, 0.3) is 10.1 Å². The number of anilines is 2. The smallest absolute Gasteiger partial charge is 0.269 e. The van der Waals surface area contributed by atoms with Crippen molar-refractivity contribution in [2.24, 2.45) is 0 Å². The SMILES string of the molecule is O=C(Nc1nnc(C2CC(=O)N(c3ccc(Cl)cc3)C2)s1)c1sc2ccccc2c1Cl. The lowest BCUT2D eigenvalue weighted by Crippen LogP contribution is -2.24. The molecule has 0 bridgehead atoms. The molecule has 3 heterocycles. The zero-order valence-electron chi connectivity index (χ0n) is 15.8. The highest BCUT2D eigenvalue weighted by Crippen LogP contribution is 2.37. The fourth-order valence-electron chi connectivity index (χ4n) is 3.51. The van der Waals surface area contributed by atoms with Gasteiger partial charge in [-0.15, -0.1) is 21.5 Å². The third-order valence-electron chi connectivity index (χ3n) is 5.01. The third kappa shape index (κ3) is 3.92. The van der Waals surface area contributed by atoms with Crippen LogP contribution in [-0.4, -0.2) is 28.6 Å². The zero-order chi connectivity index (χ0) is 21.5. The zero-order valence-corrected chi connectivity index (χ0v) is 19.0. The van der Waals surface area contributed by atoms with Crippen LogP contribution in [0.2, 0.25) is 10.0 Å². The summed E-state index contributed by atoms with van der Waals surface area (Å²) in [7, 11) is 0. The van der Waals surface area contributed by atoms with Gasteiger partial charge in [-0.3, -0.25) is 14.9 Å². The first-order valence-corrected chi connectivity index (χ1v) is 11.8. The van der Waals surface area contributed by atoms with Crippen LogP contribution in [-0.2, 0) is 4.79 Å². The van der Waals surface area contributed by atoms with Gasteiger partial charge in [-0.05, 0) is 30.3 Å². The van der Waals surface area contributed by atoms with Crippen molar-refractivity contribution in [3.05, 3.63) is 68.5 Å². The van der Waals surface area contributed by atoms with E-state index in [9.17, 15) is 9.59 Å². The van der Waals surface area contributed by atoms with Crippen LogP contribution < -0.4 is 10.2 Å². The maximum atomic E-state index is 12.7. The first-order chi connectivity index (χ1) is 15.0. The molecule has 1 aliphatic heterocycles. The number of aromatic nitrogens is 2. The highest BCUT2D eigenvalue weighted by atomic mass is 35.5. The topological polar surface area (TPSA) is 75.2 Å². The number of hydrogen-bond donors (Lipinski definition) is 1. The van der Waals surface area contributed by atoms with Crippen LogP contribution in [0.1, 0.15) is 27.0 Å². The molecule has 1 aliphatic rings. The molecular weight excluding hydrogens is 475 g/mol. The summed E-state index contributed by atoms with van der Waals surface area (Å²) in [4.78, 5) is 27.4. The van der Waals surface area contributed by atoms with Crippen LogP contribution in [0.4, 0.5) is 10.8 Å². The molecule has 0 radical (unpaired) electrons. The molecule has 156 valence electrons. The summed E-state index contributed by atoms with van der Waals surface area (Å²) < 4.78 is 0.947. The predicted molar refractivity (Wildman–Crippen MR) is 126 cm³/mol. The second-order valence-electron chi connectivity index (χ2n) is 7.02. The molecule has 1 saturated heterocycles. The fourth-order valence-corrected chi connectivity index (χ4v) is 5.88. The summed E-state index contributed by atoms with van der Waals surface area (Å²) in [5.74, 6) is -0.386.